The molecule has 1 aliphatic rings. The number of aromatic nitrogens is 1. The Hall–Kier alpha value is -0.450. The highest BCUT2D eigenvalue weighted by Crippen LogP contribution is 2.28. The quantitative estimate of drug-likeness (QED) is 0.659. The summed E-state index contributed by atoms with van der Waals surface area (Å²) < 4.78 is 1.02. The van der Waals surface area contributed by atoms with Crippen molar-refractivity contribution >= 4 is 15.9 Å². The Labute approximate surface area is 105 Å². The molecule has 0 spiro atoms. The number of rotatable bonds is 4. The van der Waals surface area contributed by atoms with Crippen LogP contribution in [0.2, 0.25) is 0 Å². The minimum Gasteiger partial charge on any atom is -0.271 e. The molecular formula is C12H18BrN3. The summed E-state index contributed by atoms with van der Waals surface area (Å²) in [7, 11) is 0. The van der Waals surface area contributed by atoms with Crippen molar-refractivity contribution in [2.75, 3.05) is 0 Å². The molecule has 1 fully saturated rings. The largest absolute Gasteiger partial charge is 0.271 e. The van der Waals surface area contributed by atoms with E-state index in [1.54, 1.807) is 0 Å². The number of hydrogen-bond acceptors (Lipinski definition) is 3. The highest BCUT2D eigenvalue weighted by Gasteiger charge is 2.24. The molecule has 1 unspecified atom stereocenters. The van der Waals surface area contributed by atoms with Crippen molar-refractivity contribution in [3.63, 3.8) is 0 Å². The van der Waals surface area contributed by atoms with Crippen LogP contribution < -0.4 is 11.3 Å². The smallest absolute Gasteiger partial charge is 0.0420 e. The van der Waals surface area contributed by atoms with Gasteiger partial charge in [-0.1, -0.05) is 12.8 Å². The van der Waals surface area contributed by atoms with Crippen molar-refractivity contribution in [2.45, 2.75) is 38.1 Å². The summed E-state index contributed by atoms with van der Waals surface area (Å²) in [6.45, 7) is 0. The van der Waals surface area contributed by atoms with Crippen LogP contribution in [0.3, 0.4) is 0 Å². The third kappa shape index (κ3) is 3.03. The second kappa shape index (κ2) is 5.75. The number of pyridine rings is 1. The van der Waals surface area contributed by atoms with E-state index in [1.165, 1.54) is 25.7 Å². The van der Waals surface area contributed by atoms with E-state index in [0.29, 0.717) is 6.04 Å². The van der Waals surface area contributed by atoms with Gasteiger partial charge in [-0.3, -0.25) is 16.3 Å². The molecule has 0 bridgehead atoms. The van der Waals surface area contributed by atoms with Crippen LogP contribution in [0.25, 0.3) is 0 Å². The van der Waals surface area contributed by atoms with Crippen molar-refractivity contribution in [1.29, 1.82) is 0 Å². The standard InChI is InChI=1S/C12H18BrN3/c13-10-5-6-11(15-8-10)7-12(16-14)9-3-1-2-4-9/h5-6,8-9,12,16H,1-4,7,14H2. The zero-order valence-corrected chi connectivity index (χ0v) is 10.9. The van der Waals surface area contributed by atoms with Crippen molar-refractivity contribution in [2.24, 2.45) is 11.8 Å². The molecule has 0 amide bonds. The first-order valence-corrected chi connectivity index (χ1v) is 6.65. The van der Waals surface area contributed by atoms with Gasteiger partial charge in [-0.2, -0.15) is 0 Å². The fourth-order valence-corrected chi connectivity index (χ4v) is 2.71. The maximum atomic E-state index is 5.64. The van der Waals surface area contributed by atoms with E-state index in [4.69, 9.17) is 5.84 Å². The van der Waals surface area contributed by atoms with E-state index >= 15 is 0 Å². The lowest BCUT2D eigenvalue weighted by Crippen LogP contribution is -2.41. The SMILES string of the molecule is NNC(Cc1ccc(Br)cn1)C1CCCC1. The van der Waals surface area contributed by atoms with Crippen LogP contribution in [0.5, 0.6) is 0 Å². The first-order valence-electron chi connectivity index (χ1n) is 5.86. The Bertz CT molecular complexity index is 320. The van der Waals surface area contributed by atoms with Gasteiger partial charge in [0.15, 0.2) is 0 Å². The Balaban J connectivity index is 1.97. The summed E-state index contributed by atoms with van der Waals surface area (Å²) in [5.41, 5.74) is 4.06. The van der Waals surface area contributed by atoms with Crippen molar-refractivity contribution in [3.05, 3.63) is 28.5 Å². The van der Waals surface area contributed by atoms with Gasteiger partial charge in [0.25, 0.3) is 0 Å². The van der Waals surface area contributed by atoms with Crippen molar-refractivity contribution in [1.82, 2.24) is 10.4 Å². The summed E-state index contributed by atoms with van der Waals surface area (Å²) in [6, 6.07) is 4.46. The van der Waals surface area contributed by atoms with E-state index in [1.807, 2.05) is 12.3 Å². The van der Waals surface area contributed by atoms with Gasteiger partial charge in [0.05, 0.1) is 0 Å². The minimum absolute atomic E-state index is 0.371. The van der Waals surface area contributed by atoms with Crippen molar-refractivity contribution in [3.8, 4) is 0 Å². The second-order valence-electron chi connectivity index (χ2n) is 4.49. The topological polar surface area (TPSA) is 50.9 Å². The van der Waals surface area contributed by atoms with Crippen LogP contribution >= 0.6 is 15.9 Å². The average molecular weight is 284 g/mol. The molecule has 0 radical (unpaired) electrons. The first-order chi connectivity index (χ1) is 7.79. The second-order valence-corrected chi connectivity index (χ2v) is 5.41. The molecule has 1 aromatic rings. The van der Waals surface area contributed by atoms with Crippen LogP contribution in [0.4, 0.5) is 0 Å². The number of nitrogens with two attached hydrogens (primary N) is 1. The van der Waals surface area contributed by atoms with Gasteiger partial charge in [0, 0.05) is 28.8 Å². The number of hydrazine groups is 1. The van der Waals surface area contributed by atoms with Crippen molar-refractivity contribution < 1.29 is 0 Å². The van der Waals surface area contributed by atoms with Gasteiger partial charge in [0.2, 0.25) is 0 Å². The van der Waals surface area contributed by atoms with E-state index in [2.05, 4.69) is 32.4 Å². The number of nitrogens with one attached hydrogen (secondary N) is 1. The fraction of sp³-hybridized carbons (Fsp3) is 0.583. The maximum Gasteiger partial charge on any atom is 0.0420 e. The van der Waals surface area contributed by atoms with Crippen LogP contribution in [0.1, 0.15) is 31.4 Å². The highest BCUT2D eigenvalue weighted by atomic mass is 79.9. The zero-order chi connectivity index (χ0) is 11.4. The number of nitrogens with zero attached hydrogens (tertiary/aromatic N) is 1. The third-order valence-electron chi connectivity index (χ3n) is 3.40. The van der Waals surface area contributed by atoms with E-state index < -0.39 is 0 Å². The lowest BCUT2D eigenvalue weighted by Gasteiger charge is -2.22. The molecule has 1 heterocycles. The Kier molecular flexibility index (Phi) is 4.32. The highest BCUT2D eigenvalue weighted by molar-refractivity contribution is 9.10. The molecule has 3 N–H and O–H groups in total. The van der Waals surface area contributed by atoms with E-state index in [0.717, 1.165) is 22.5 Å². The van der Waals surface area contributed by atoms with Gasteiger partial charge in [0.1, 0.15) is 0 Å². The van der Waals surface area contributed by atoms with Gasteiger partial charge in [-0.15, -0.1) is 0 Å². The molecule has 2 rings (SSSR count). The van der Waals surface area contributed by atoms with Crippen LogP contribution in [0, 0.1) is 5.92 Å². The Morgan fingerprint density at radius 1 is 1.44 bits per heavy atom. The third-order valence-corrected chi connectivity index (χ3v) is 3.87. The van der Waals surface area contributed by atoms with Crippen LogP contribution in [0.15, 0.2) is 22.8 Å². The summed E-state index contributed by atoms with van der Waals surface area (Å²) in [5.74, 6) is 6.36. The summed E-state index contributed by atoms with van der Waals surface area (Å²) >= 11 is 3.39. The van der Waals surface area contributed by atoms with Gasteiger partial charge >= 0.3 is 0 Å². The minimum atomic E-state index is 0.371. The molecular weight excluding hydrogens is 266 g/mol. The molecule has 1 aromatic heterocycles. The molecule has 88 valence electrons. The Morgan fingerprint density at radius 3 is 2.75 bits per heavy atom. The van der Waals surface area contributed by atoms with E-state index in [-0.39, 0.29) is 0 Å². The molecule has 1 aliphatic carbocycles. The number of halogens is 1. The maximum absolute atomic E-state index is 5.64. The predicted molar refractivity (Wildman–Crippen MR) is 68.7 cm³/mol. The molecule has 0 aromatic carbocycles. The number of hydrogen-bond donors (Lipinski definition) is 2. The predicted octanol–water partition coefficient (Wildman–Crippen LogP) is 2.41. The molecule has 1 atom stereocenters. The average Bonchev–Trinajstić information content (AvgIpc) is 2.82. The molecule has 3 nitrogen and oxygen atoms in total. The van der Waals surface area contributed by atoms with Crippen LogP contribution in [-0.2, 0) is 6.42 Å². The molecule has 0 aliphatic heterocycles. The van der Waals surface area contributed by atoms with Gasteiger partial charge in [-0.25, -0.2) is 0 Å². The molecule has 4 heteroatoms. The fourth-order valence-electron chi connectivity index (χ4n) is 2.47. The molecule has 16 heavy (non-hydrogen) atoms. The summed E-state index contributed by atoms with van der Waals surface area (Å²) in [4.78, 5) is 4.39. The first kappa shape index (κ1) is 12.0. The molecule has 1 saturated carbocycles. The Morgan fingerprint density at radius 2 is 2.19 bits per heavy atom. The zero-order valence-electron chi connectivity index (χ0n) is 9.32. The summed E-state index contributed by atoms with van der Waals surface area (Å²) in [5, 5.41) is 0. The van der Waals surface area contributed by atoms with E-state index in [9.17, 15) is 0 Å². The molecule has 0 saturated heterocycles. The summed E-state index contributed by atoms with van der Waals surface area (Å²) in [6.07, 6.45) is 8.05. The lowest BCUT2D eigenvalue weighted by molar-refractivity contribution is 0.359. The monoisotopic (exact) mass is 283 g/mol. The lowest BCUT2D eigenvalue weighted by atomic mass is 9.94. The normalized spacial score (nSPS) is 18.9. The van der Waals surface area contributed by atoms with Crippen LogP contribution in [-0.4, -0.2) is 11.0 Å². The van der Waals surface area contributed by atoms with Gasteiger partial charge in [-0.05, 0) is 46.8 Å². The van der Waals surface area contributed by atoms with Gasteiger partial charge < -0.3 is 0 Å².